The van der Waals surface area contributed by atoms with E-state index in [2.05, 4.69) is 50.4 Å². The number of aromatic nitrogens is 2. The Morgan fingerprint density at radius 1 is 1.15 bits per heavy atom. The van der Waals surface area contributed by atoms with Gasteiger partial charge in [0.1, 0.15) is 23.7 Å². The highest BCUT2D eigenvalue weighted by atomic mass is 79.9. The van der Waals surface area contributed by atoms with Crippen LogP contribution < -0.4 is 15.4 Å². The normalized spacial score (nSPS) is 10.4. The van der Waals surface area contributed by atoms with E-state index in [9.17, 15) is 0 Å². The summed E-state index contributed by atoms with van der Waals surface area (Å²) in [6.45, 7) is 4.12. The van der Waals surface area contributed by atoms with Crippen molar-refractivity contribution in [2.75, 3.05) is 17.7 Å². The fourth-order valence-electron chi connectivity index (χ4n) is 1.72. The highest BCUT2D eigenvalue weighted by molar-refractivity contribution is 9.10. The summed E-state index contributed by atoms with van der Waals surface area (Å²) in [6.07, 6.45) is 1.53. The molecular formula is C14H17BrN4O. The van der Waals surface area contributed by atoms with Gasteiger partial charge in [-0.2, -0.15) is 0 Å². The van der Waals surface area contributed by atoms with E-state index in [0.717, 1.165) is 21.7 Å². The standard InChI is InChI=1S/C14H17BrN4O/c1-9(2)18-13-7-14(17-8-16-13)19-11-6-10(15)4-5-12(11)20-3/h4-9H,1-3H3,(H2,16,17,18,19). The van der Waals surface area contributed by atoms with Crippen molar-refractivity contribution in [3.05, 3.63) is 35.1 Å². The van der Waals surface area contributed by atoms with E-state index in [1.807, 2.05) is 24.3 Å². The third-order valence-corrected chi connectivity index (χ3v) is 3.02. The van der Waals surface area contributed by atoms with Gasteiger partial charge in [-0.15, -0.1) is 0 Å². The molecule has 0 saturated heterocycles. The molecule has 0 aliphatic heterocycles. The summed E-state index contributed by atoms with van der Waals surface area (Å²) in [5.74, 6) is 2.25. The van der Waals surface area contributed by atoms with Gasteiger partial charge in [0.25, 0.3) is 0 Å². The quantitative estimate of drug-likeness (QED) is 0.869. The molecule has 1 heterocycles. The van der Waals surface area contributed by atoms with Gasteiger partial charge in [0.05, 0.1) is 12.8 Å². The zero-order valence-electron chi connectivity index (χ0n) is 11.6. The Kier molecular flexibility index (Phi) is 4.79. The van der Waals surface area contributed by atoms with E-state index in [4.69, 9.17) is 4.74 Å². The van der Waals surface area contributed by atoms with Crippen molar-refractivity contribution in [1.82, 2.24) is 9.97 Å². The lowest BCUT2D eigenvalue weighted by Gasteiger charge is -2.13. The van der Waals surface area contributed by atoms with Crippen molar-refractivity contribution in [3.8, 4) is 5.75 Å². The van der Waals surface area contributed by atoms with E-state index in [-0.39, 0.29) is 0 Å². The molecule has 0 atom stereocenters. The van der Waals surface area contributed by atoms with Crippen LogP contribution in [0.5, 0.6) is 5.75 Å². The molecule has 106 valence electrons. The maximum atomic E-state index is 5.32. The van der Waals surface area contributed by atoms with Crippen molar-refractivity contribution >= 4 is 33.3 Å². The monoisotopic (exact) mass is 336 g/mol. The molecular weight excluding hydrogens is 320 g/mol. The molecule has 6 heteroatoms. The zero-order chi connectivity index (χ0) is 14.5. The maximum absolute atomic E-state index is 5.32. The molecule has 20 heavy (non-hydrogen) atoms. The van der Waals surface area contributed by atoms with E-state index in [1.165, 1.54) is 6.33 Å². The molecule has 0 unspecified atom stereocenters. The van der Waals surface area contributed by atoms with Gasteiger partial charge in [-0.05, 0) is 32.0 Å². The Morgan fingerprint density at radius 2 is 1.90 bits per heavy atom. The van der Waals surface area contributed by atoms with Gasteiger partial charge >= 0.3 is 0 Å². The molecule has 2 aromatic rings. The Morgan fingerprint density at radius 3 is 2.60 bits per heavy atom. The fourth-order valence-corrected chi connectivity index (χ4v) is 2.08. The lowest BCUT2D eigenvalue weighted by molar-refractivity contribution is 0.416. The summed E-state index contributed by atoms with van der Waals surface area (Å²) in [7, 11) is 1.64. The highest BCUT2D eigenvalue weighted by Gasteiger charge is 2.06. The van der Waals surface area contributed by atoms with Crippen LogP contribution in [-0.2, 0) is 0 Å². The van der Waals surface area contributed by atoms with Crippen LogP contribution in [0.2, 0.25) is 0 Å². The summed E-state index contributed by atoms with van der Waals surface area (Å²) in [5, 5.41) is 6.47. The molecule has 1 aromatic heterocycles. The topological polar surface area (TPSA) is 59.1 Å². The number of benzene rings is 1. The summed E-state index contributed by atoms with van der Waals surface area (Å²) in [5.41, 5.74) is 0.844. The van der Waals surface area contributed by atoms with Gasteiger partial charge < -0.3 is 15.4 Å². The first-order chi connectivity index (χ1) is 9.58. The van der Waals surface area contributed by atoms with Crippen molar-refractivity contribution in [2.24, 2.45) is 0 Å². The van der Waals surface area contributed by atoms with Crippen LogP contribution in [0.15, 0.2) is 35.1 Å². The number of methoxy groups -OCH3 is 1. The van der Waals surface area contributed by atoms with Gasteiger partial charge in [-0.3, -0.25) is 0 Å². The second kappa shape index (κ2) is 6.56. The predicted molar refractivity (Wildman–Crippen MR) is 84.8 cm³/mol. The van der Waals surface area contributed by atoms with Gasteiger partial charge in [-0.25, -0.2) is 9.97 Å². The second-order valence-electron chi connectivity index (χ2n) is 4.56. The second-order valence-corrected chi connectivity index (χ2v) is 5.47. The third kappa shape index (κ3) is 3.84. The summed E-state index contributed by atoms with van der Waals surface area (Å²) < 4.78 is 6.29. The number of hydrogen-bond donors (Lipinski definition) is 2. The molecule has 2 rings (SSSR count). The lowest BCUT2D eigenvalue weighted by Crippen LogP contribution is -2.11. The smallest absolute Gasteiger partial charge is 0.142 e. The number of nitrogens with zero attached hydrogens (tertiary/aromatic N) is 2. The first-order valence-electron chi connectivity index (χ1n) is 6.27. The van der Waals surface area contributed by atoms with E-state index >= 15 is 0 Å². The predicted octanol–water partition coefficient (Wildman–Crippen LogP) is 3.81. The zero-order valence-corrected chi connectivity index (χ0v) is 13.2. The average Bonchev–Trinajstić information content (AvgIpc) is 2.38. The maximum Gasteiger partial charge on any atom is 0.142 e. The van der Waals surface area contributed by atoms with Crippen molar-refractivity contribution in [2.45, 2.75) is 19.9 Å². The molecule has 0 amide bonds. The SMILES string of the molecule is COc1ccc(Br)cc1Nc1cc(NC(C)C)ncn1. The van der Waals surface area contributed by atoms with E-state index in [0.29, 0.717) is 11.9 Å². The molecule has 1 aromatic carbocycles. The third-order valence-electron chi connectivity index (χ3n) is 2.53. The molecule has 0 spiro atoms. The molecule has 0 aliphatic rings. The molecule has 0 radical (unpaired) electrons. The number of anilines is 3. The number of hydrogen-bond acceptors (Lipinski definition) is 5. The average molecular weight is 337 g/mol. The molecule has 5 nitrogen and oxygen atoms in total. The van der Waals surface area contributed by atoms with Gasteiger partial charge in [0.15, 0.2) is 0 Å². The van der Waals surface area contributed by atoms with Gasteiger partial charge in [0, 0.05) is 16.6 Å². The lowest BCUT2D eigenvalue weighted by atomic mass is 10.3. The Bertz CT molecular complexity index is 589. The Hall–Kier alpha value is -1.82. The van der Waals surface area contributed by atoms with Crippen LogP contribution in [0.3, 0.4) is 0 Å². The minimum absolute atomic E-state index is 0.318. The number of ether oxygens (including phenoxy) is 1. The Labute approximate surface area is 126 Å². The number of halogens is 1. The molecule has 0 bridgehead atoms. The van der Waals surface area contributed by atoms with Crippen molar-refractivity contribution in [1.29, 1.82) is 0 Å². The van der Waals surface area contributed by atoms with Crippen LogP contribution in [0.25, 0.3) is 0 Å². The minimum atomic E-state index is 0.318. The van der Waals surface area contributed by atoms with Crippen LogP contribution in [0.4, 0.5) is 17.3 Å². The first kappa shape index (κ1) is 14.6. The van der Waals surface area contributed by atoms with Crippen LogP contribution >= 0.6 is 15.9 Å². The largest absolute Gasteiger partial charge is 0.495 e. The van der Waals surface area contributed by atoms with Gasteiger partial charge in [0.2, 0.25) is 0 Å². The van der Waals surface area contributed by atoms with Crippen LogP contribution in [0.1, 0.15) is 13.8 Å². The summed E-state index contributed by atoms with van der Waals surface area (Å²) >= 11 is 3.45. The highest BCUT2D eigenvalue weighted by Crippen LogP contribution is 2.30. The van der Waals surface area contributed by atoms with Crippen molar-refractivity contribution < 1.29 is 4.74 Å². The molecule has 0 aliphatic carbocycles. The minimum Gasteiger partial charge on any atom is -0.495 e. The molecule has 0 fully saturated rings. The van der Waals surface area contributed by atoms with E-state index < -0.39 is 0 Å². The fraction of sp³-hybridized carbons (Fsp3) is 0.286. The molecule has 2 N–H and O–H groups in total. The Balaban J connectivity index is 2.23. The summed E-state index contributed by atoms with van der Waals surface area (Å²) in [6, 6.07) is 7.94. The number of rotatable bonds is 5. The first-order valence-corrected chi connectivity index (χ1v) is 7.07. The summed E-state index contributed by atoms with van der Waals surface area (Å²) in [4.78, 5) is 8.39. The number of nitrogens with one attached hydrogen (secondary N) is 2. The van der Waals surface area contributed by atoms with Crippen molar-refractivity contribution in [3.63, 3.8) is 0 Å². The van der Waals surface area contributed by atoms with Gasteiger partial charge in [-0.1, -0.05) is 15.9 Å². The molecule has 0 saturated carbocycles. The van der Waals surface area contributed by atoms with Crippen LogP contribution in [0, 0.1) is 0 Å². The van der Waals surface area contributed by atoms with E-state index in [1.54, 1.807) is 7.11 Å². The van der Waals surface area contributed by atoms with Crippen LogP contribution in [-0.4, -0.2) is 23.1 Å².